The maximum absolute atomic E-state index is 13.1. The summed E-state index contributed by atoms with van der Waals surface area (Å²) in [5.74, 6) is 0.981. The van der Waals surface area contributed by atoms with Crippen molar-refractivity contribution < 1.29 is 80.2 Å². The second kappa shape index (κ2) is 63.5. The van der Waals surface area contributed by atoms with Crippen molar-refractivity contribution in [3.05, 3.63) is 0 Å². The van der Waals surface area contributed by atoms with E-state index in [1.54, 1.807) is 0 Å². The van der Waals surface area contributed by atoms with Crippen LogP contribution in [-0.2, 0) is 65.4 Å². The van der Waals surface area contributed by atoms with Crippen LogP contribution in [0.2, 0.25) is 0 Å². The topological polar surface area (TPSA) is 237 Å². The zero-order valence-corrected chi connectivity index (χ0v) is 62.7. The number of hydrogen-bond donors (Lipinski definition) is 3. The predicted molar refractivity (Wildman–Crippen MR) is 377 cm³/mol. The molecule has 93 heavy (non-hydrogen) atoms. The summed E-state index contributed by atoms with van der Waals surface area (Å²) in [6, 6.07) is 0. The molecule has 0 rings (SSSR count). The van der Waals surface area contributed by atoms with Gasteiger partial charge in [0.25, 0.3) is 0 Å². The van der Waals surface area contributed by atoms with Crippen molar-refractivity contribution in [2.45, 2.75) is 388 Å². The molecule has 0 aliphatic heterocycles. The third-order valence-electron chi connectivity index (χ3n) is 17.8. The van der Waals surface area contributed by atoms with Crippen LogP contribution in [0.5, 0.6) is 0 Å². The summed E-state index contributed by atoms with van der Waals surface area (Å²) in [7, 11) is -9.91. The second-order valence-electron chi connectivity index (χ2n) is 28.1. The lowest BCUT2D eigenvalue weighted by Gasteiger charge is -2.21. The van der Waals surface area contributed by atoms with Gasteiger partial charge in [-0.15, -0.1) is 0 Å². The molecule has 0 spiro atoms. The molecule has 7 atom stereocenters. The predicted octanol–water partition coefficient (Wildman–Crippen LogP) is 21.3. The molecular formula is C74H144O17P2. The fourth-order valence-corrected chi connectivity index (χ4v) is 12.7. The minimum Gasteiger partial charge on any atom is -0.462 e. The van der Waals surface area contributed by atoms with Crippen molar-refractivity contribution in [3.63, 3.8) is 0 Å². The monoisotopic (exact) mass is 1370 g/mol. The van der Waals surface area contributed by atoms with E-state index in [-0.39, 0.29) is 25.7 Å². The van der Waals surface area contributed by atoms with Crippen LogP contribution >= 0.6 is 15.6 Å². The molecule has 0 saturated heterocycles. The van der Waals surface area contributed by atoms with Gasteiger partial charge in [-0.2, -0.15) is 0 Å². The minimum atomic E-state index is -4.96. The fraction of sp³-hybridized carbons (Fsp3) is 0.946. The van der Waals surface area contributed by atoms with Gasteiger partial charge in [-0.3, -0.25) is 37.3 Å². The van der Waals surface area contributed by atoms with E-state index in [9.17, 15) is 43.2 Å². The molecule has 0 aromatic heterocycles. The summed E-state index contributed by atoms with van der Waals surface area (Å²) >= 11 is 0. The van der Waals surface area contributed by atoms with Gasteiger partial charge in [-0.1, -0.05) is 319 Å². The number of phosphoric acid groups is 2. The molecule has 0 radical (unpaired) electrons. The highest BCUT2D eigenvalue weighted by Gasteiger charge is 2.30. The van der Waals surface area contributed by atoms with Crippen molar-refractivity contribution in [2.24, 2.45) is 23.7 Å². The molecule has 0 aliphatic rings. The first kappa shape index (κ1) is 91.1. The molecule has 0 aromatic carbocycles. The number of carbonyl (C=O) groups is 4. The fourth-order valence-electron chi connectivity index (χ4n) is 11.1. The normalized spacial score (nSPS) is 14.8. The molecule has 0 aliphatic carbocycles. The molecule has 5 unspecified atom stereocenters. The van der Waals surface area contributed by atoms with Crippen molar-refractivity contribution in [2.75, 3.05) is 39.6 Å². The second-order valence-corrected chi connectivity index (χ2v) is 31.0. The Morgan fingerprint density at radius 2 is 0.516 bits per heavy atom. The van der Waals surface area contributed by atoms with Gasteiger partial charge in [0.15, 0.2) is 12.2 Å². The van der Waals surface area contributed by atoms with E-state index in [0.29, 0.717) is 25.7 Å². The van der Waals surface area contributed by atoms with Crippen molar-refractivity contribution >= 4 is 39.5 Å². The highest BCUT2D eigenvalue weighted by molar-refractivity contribution is 7.47. The van der Waals surface area contributed by atoms with E-state index in [1.165, 1.54) is 173 Å². The van der Waals surface area contributed by atoms with Gasteiger partial charge >= 0.3 is 39.5 Å². The van der Waals surface area contributed by atoms with Crippen LogP contribution < -0.4 is 0 Å². The van der Waals surface area contributed by atoms with Gasteiger partial charge in [0.1, 0.15) is 19.3 Å². The lowest BCUT2D eigenvalue weighted by molar-refractivity contribution is -0.161. The number of hydrogen-bond acceptors (Lipinski definition) is 15. The smallest absolute Gasteiger partial charge is 0.462 e. The summed E-state index contributed by atoms with van der Waals surface area (Å²) < 4.78 is 68.5. The Bertz CT molecular complexity index is 1840. The minimum absolute atomic E-state index is 0.105. The number of aliphatic hydroxyl groups is 1. The highest BCUT2D eigenvalue weighted by Crippen LogP contribution is 2.45. The number of unbranched alkanes of at least 4 members (excludes halogenated alkanes) is 35. The SMILES string of the molecule is CCC(C)CCCCCCCCCCCCC(=O)OC[C@H](COP(=O)(O)OCC(O)COP(=O)(O)OC[C@@H](COC(=O)CCCCCCCCCCC(C)C)OC(=O)CCCCCCCCCCCCC(C)CC)OC(=O)CCCCCCCCCCCCCC(C)C. The molecule has 0 heterocycles. The number of rotatable bonds is 71. The average Bonchev–Trinajstić information content (AvgIpc) is 1.65. The number of esters is 4. The third-order valence-corrected chi connectivity index (χ3v) is 19.7. The quantitative estimate of drug-likeness (QED) is 0.0222. The van der Waals surface area contributed by atoms with Crippen LogP contribution in [0, 0.1) is 23.7 Å². The Morgan fingerprint density at radius 3 is 0.763 bits per heavy atom. The zero-order valence-electron chi connectivity index (χ0n) is 60.9. The first-order chi connectivity index (χ1) is 44.7. The first-order valence-corrected chi connectivity index (χ1v) is 41.3. The van der Waals surface area contributed by atoms with E-state index < -0.39 is 97.5 Å². The standard InChI is InChI=1S/C74H144O17P2/c1-9-66(7)52-44-36-28-19-14-16-21-30-38-46-54-71(76)84-60-69(90-73(78)56-48-40-32-22-13-11-12-18-26-34-42-50-64(3)4)62-88-92(80,81)86-58-68(75)59-87-93(82,83)89-63-70(61-85-72(77)55-47-39-31-25-24-27-35-43-51-65(5)6)91-74(79)57-49-41-33-23-17-15-20-29-37-45-53-67(8)10-2/h64-70,75H,9-63H2,1-8H3,(H,80,81)(H,82,83)/t66?,67?,68?,69-,70-/m1/s1. The van der Waals surface area contributed by atoms with Crippen LogP contribution in [0.1, 0.15) is 370 Å². The maximum atomic E-state index is 13.1. The van der Waals surface area contributed by atoms with Gasteiger partial charge in [-0.05, 0) is 49.4 Å². The number of aliphatic hydroxyl groups excluding tert-OH is 1. The van der Waals surface area contributed by atoms with Crippen LogP contribution in [-0.4, -0.2) is 96.7 Å². The van der Waals surface area contributed by atoms with Crippen LogP contribution in [0.3, 0.4) is 0 Å². The Morgan fingerprint density at radius 1 is 0.301 bits per heavy atom. The Labute approximate surface area is 568 Å². The first-order valence-electron chi connectivity index (χ1n) is 38.3. The molecule has 17 nitrogen and oxygen atoms in total. The summed E-state index contributed by atoms with van der Waals surface area (Å²) in [5, 5.41) is 10.6. The lowest BCUT2D eigenvalue weighted by Crippen LogP contribution is -2.30. The molecule has 552 valence electrons. The maximum Gasteiger partial charge on any atom is 0.472 e. The number of phosphoric ester groups is 2. The van der Waals surface area contributed by atoms with Crippen molar-refractivity contribution in [3.8, 4) is 0 Å². The Hall–Kier alpha value is -1.94. The lowest BCUT2D eigenvalue weighted by atomic mass is 9.99. The average molecular weight is 1370 g/mol. The van der Waals surface area contributed by atoms with Crippen LogP contribution in [0.15, 0.2) is 0 Å². The highest BCUT2D eigenvalue weighted by atomic mass is 31.2. The van der Waals surface area contributed by atoms with Crippen molar-refractivity contribution in [1.29, 1.82) is 0 Å². The molecular weight excluding hydrogens is 1220 g/mol. The molecule has 0 amide bonds. The Balaban J connectivity index is 5.28. The number of ether oxygens (including phenoxy) is 4. The molecule has 3 N–H and O–H groups in total. The summed E-state index contributed by atoms with van der Waals surface area (Å²) in [6.07, 6.45) is 47.0. The molecule has 0 fully saturated rings. The van der Waals surface area contributed by atoms with Gasteiger partial charge in [-0.25, -0.2) is 9.13 Å². The van der Waals surface area contributed by atoms with Gasteiger partial charge < -0.3 is 33.8 Å². The summed E-state index contributed by atoms with van der Waals surface area (Å²) in [6.45, 7) is 14.2. The molecule has 19 heteroatoms. The Kier molecular flexibility index (Phi) is 62.2. The van der Waals surface area contributed by atoms with Crippen molar-refractivity contribution in [1.82, 2.24) is 0 Å². The summed E-state index contributed by atoms with van der Waals surface area (Å²) in [4.78, 5) is 72.8. The van der Waals surface area contributed by atoms with Gasteiger partial charge in [0, 0.05) is 25.7 Å². The van der Waals surface area contributed by atoms with Gasteiger partial charge in [0.2, 0.25) is 0 Å². The van der Waals surface area contributed by atoms with E-state index in [1.807, 2.05) is 0 Å². The molecule has 0 bridgehead atoms. The largest absolute Gasteiger partial charge is 0.472 e. The van der Waals surface area contributed by atoms with E-state index in [4.69, 9.17) is 37.0 Å². The molecule has 0 aromatic rings. The van der Waals surface area contributed by atoms with Crippen LogP contribution in [0.25, 0.3) is 0 Å². The number of carbonyl (C=O) groups excluding carboxylic acids is 4. The van der Waals surface area contributed by atoms with E-state index >= 15 is 0 Å². The van der Waals surface area contributed by atoms with Crippen LogP contribution in [0.4, 0.5) is 0 Å². The van der Waals surface area contributed by atoms with E-state index in [2.05, 4.69) is 55.4 Å². The summed E-state index contributed by atoms with van der Waals surface area (Å²) in [5.41, 5.74) is 0. The van der Waals surface area contributed by atoms with E-state index in [0.717, 1.165) is 114 Å². The van der Waals surface area contributed by atoms with Gasteiger partial charge in [0.05, 0.1) is 26.4 Å². The third kappa shape index (κ3) is 65.8. The zero-order chi connectivity index (χ0) is 68.9. The molecule has 0 saturated carbocycles.